The SMILES string of the molecule is CCc1csc(CNC(=O)c2nn(C)c(=O)[nH]2)n1. The molecule has 0 radical (unpaired) electrons. The van der Waals surface area contributed by atoms with Gasteiger partial charge >= 0.3 is 5.69 Å². The standard InChI is InChI=1S/C10H13N5O2S/c1-3-6-5-18-7(12-6)4-11-9(16)8-13-10(17)15(2)14-8/h5H,3-4H2,1-2H3,(H,11,16)(H,13,14,17). The summed E-state index contributed by atoms with van der Waals surface area (Å²) in [7, 11) is 1.48. The highest BCUT2D eigenvalue weighted by Crippen LogP contribution is 2.09. The van der Waals surface area contributed by atoms with Crippen molar-refractivity contribution in [1.29, 1.82) is 0 Å². The van der Waals surface area contributed by atoms with Gasteiger partial charge < -0.3 is 5.32 Å². The first kappa shape index (κ1) is 12.5. The van der Waals surface area contributed by atoms with Crippen LogP contribution in [0.15, 0.2) is 10.2 Å². The van der Waals surface area contributed by atoms with Crippen LogP contribution in [0.25, 0.3) is 0 Å². The van der Waals surface area contributed by atoms with Gasteiger partial charge in [0.1, 0.15) is 5.01 Å². The Labute approximate surface area is 107 Å². The Balaban J connectivity index is 1.97. The van der Waals surface area contributed by atoms with E-state index < -0.39 is 11.6 Å². The number of hydrogen-bond donors (Lipinski definition) is 2. The van der Waals surface area contributed by atoms with Crippen molar-refractivity contribution < 1.29 is 4.79 Å². The molecule has 0 aliphatic rings. The highest BCUT2D eigenvalue weighted by Gasteiger charge is 2.12. The van der Waals surface area contributed by atoms with Crippen molar-refractivity contribution in [2.45, 2.75) is 19.9 Å². The normalized spacial score (nSPS) is 10.6. The molecule has 0 saturated carbocycles. The number of nitrogens with one attached hydrogen (secondary N) is 2. The van der Waals surface area contributed by atoms with Gasteiger partial charge in [-0.3, -0.25) is 9.78 Å². The Morgan fingerprint density at radius 1 is 1.61 bits per heavy atom. The lowest BCUT2D eigenvalue weighted by molar-refractivity contribution is 0.0940. The summed E-state index contributed by atoms with van der Waals surface area (Å²) in [5.74, 6) is -0.407. The van der Waals surface area contributed by atoms with Gasteiger partial charge in [-0.1, -0.05) is 6.92 Å². The monoisotopic (exact) mass is 267 g/mol. The second-order valence-corrected chi connectivity index (χ2v) is 4.61. The summed E-state index contributed by atoms with van der Waals surface area (Å²) in [4.78, 5) is 29.5. The minimum Gasteiger partial charge on any atom is -0.343 e. The third kappa shape index (κ3) is 2.65. The first-order chi connectivity index (χ1) is 8.60. The van der Waals surface area contributed by atoms with E-state index in [1.165, 1.54) is 18.4 Å². The van der Waals surface area contributed by atoms with Crippen LogP contribution in [0.4, 0.5) is 0 Å². The van der Waals surface area contributed by atoms with E-state index in [4.69, 9.17) is 0 Å². The molecule has 0 spiro atoms. The maximum absolute atomic E-state index is 11.7. The van der Waals surface area contributed by atoms with E-state index in [1.807, 2.05) is 12.3 Å². The molecule has 0 aliphatic heterocycles. The molecule has 0 atom stereocenters. The van der Waals surface area contributed by atoms with Crippen LogP contribution >= 0.6 is 11.3 Å². The zero-order chi connectivity index (χ0) is 13.1. The highest BCUT2D eigenvalue weighted by molar-refractivity contribution is 7.09. The van der Waals surface area contributed by atoms with E-state index in [2.05, 4.69) is 20.4 Å². The van der Waals surface area contributed by atoms with E-state index in [9.17, 15) is 9.59 Å². The fraction of sp³-hybridized carbons (Fsp3) is 0.400. The maximum Gasteiger partial charge on any atom is 0.343 e. The first-order valence-corrected chi connectivity index (χ1v) is 6.33. The van der Waals surface area contributed by atoms with Gasteiger partial charge in [0.15, 0.2) is 0 Å². The van der Waals surface area contributed by atoms with Gasteiger partial charge in [-0.25, -0.2) is 14.5 Å². The van der Waals surface area contributed by atoms with Crippen molar-refractivity contribution in [3.63, 3.8) is 0 Å². The van der Waals surface area contributed by atoms with E-state index >= 15 is 0 Å². The number of amides is 1. The summed E-state index contributed by atoms with van der Waals surface area (Å²) < 4.78 is 1.08. The van der Waals surface area contributed by atoms with Gasteiger partial charge in [0, 0.05) is 12.4 Å². The maximum atomic E-state index is 11.7. The number of nitrogens with zero attached hydrogens (tertiary/aromatic N) is 3. The smallest absolute Gasteiger partial charge is 0.343 e. The number of carbonyl (C=O) groups excluding carboxylic acids is 1. The molecule has 8 heteroatoms. The average molecular weight is 267 g/mol. The molecular weight excluding hydrogens is 254 g/mol. The summed E-state index contributed by atoms with van der Waals surface area (Å²) in [5.41, 5.74) is 0.596. The minimum atomic E-state index is -0.416. The fourth-order valence-electron chi connectivity index (χ4n) is 1.34. The van der Waals surface area contributed by atoms with Crippen LogP contribution in [0.3, 0.4) is 0 Å². The van der Waals surface area contributed by atoms with Gasteiger partial charge in [0.25, 0.3) is 5.91 Å². The molecule has 0 aromatic carbocycles. The number of rotatable bonds is 4. The first-order valence-electron chi connectivity index (χ1n) is 5.45. The highest BCUT2D eigenvalue weighted by atomic mass is 32.1. The van der Waals surface area contributed by atoms with Crippen LogP contribution in [0.1, 0.15) is 28.2 Å². The predicted molar refractivity (Wildman–Crippen MR) is 66.5 cm³/mol. The summed E-state index contributed by atoms with van der Waals surface area (Å²) >= 11 is 1.50. The quantitative estimate of drug-likeness (QED) is 0.819. The topological polar surface area (TPSA) is 92.7 Å². The van der Waals surface area contributed by atoms with Gasteiger partial charge in [-0.15, -0.1) is 16.4 Å². The van der Waals surface area contributed by atoms with Crippen LogP contribution < -0.4 is 11.0 Å². The summed E-state index contributed by atoms with van der Waals surface area (Å²) in [5, 5.41) is 9.21. The van der Waals surface area contributed by atoms with Gasteiger partial charge in [0.05, 0.1) is 12.2 Å². The van der Waals surface area contributed by atoms with Crippen molar-refractivity contribution in [1.82, 2.24) is 25.1 Å². The number of hydrogen-bond acceptors (Lipinski definition) is 5. The second kappa shape index (κ2) is 5.13. The van der Waals surface area contributed by atoms with E-state index in [-0.39, 0.29) is 5.82 Å². The van der Waals surface area contributed by atoms with Crippen LogP contribution in [0, 0.1) is 0 Å². The molecule has 18 heavy (non-hydrogen) atoms. The van der Waals surface area contributed by atoms with E-state index in [0.717, 1.165) is 21.8 Å². The molecule has 2 rings (SSSR count). The van der Waals surface area contributed by atoms with Crippen LogP contribution in [-0.4, -0.2) is 25.7 Å². The fourth-order valence-corrected chi connectivity index (χ4v) is 2.15. The number of thiazole rings is 1. The molecule has 0 saturated heterocycles. The molecule has 2 aromatic heterocycles. The summed E-state index contributed by atoms with van der Waals surface area (Å²) in [6.07, 6.45) is 0.873. The molecule has 96 valence electrons. The Morgan fingerprint density at radius 3 is 2.94 bits per heavy atom. The Bertz CT molecular complexity index is 612. The van der Waals surface area contributed by atoms with Crippen molar-refractivity contribution in [2.24, 2.45) is 7.05 Å². The molecule has 0 bridgehead atoms. The van der Waals surface area contributed by atoms with Gasteiger partial charge in [-0.2, -0.15) is 0 Å². The summed E-state index contributed by atoms with van der Waals surface area (Å²) in [6, 6.07) is 0. The second-order valence-electron chi connectivity index (χ2n) is 3.67. The molecule has 0 unspecified atom stereocenters. The van der Waals surface area contributed by atoms with Crippen molar-refractivity contribution in [2.75, 3.05) is 0 Å². The van der Waals surface area contributed by atoms with E-state index in [1.54, 1.807) is 0 Å². The zero-order valence-electron chi connectivity index (χ0n) is 10.1. The number of aryl methyl sites for hydroxylation is 2. The average Bonchev–Trinajstić information content (AvgIpc) is 2.94. The molecule has 2 N–H and O–H groups in total. The molecule has 2 aromatic rings. The van der Waals surface area contributed by atoms with Crippen molar-refractivity contribution in [3.8, 4) is 0 Å². The lowest BCUT2D eigenvalue weighted by Gasteiger charge is -1.98. The van der Waals surface area contributed by atoms with Crippen LogP contribution in [-0.2, 0) is 20.0 Å². The van der Waals surface area contributed by atoms with Crippen LogP contribution in [0.2, 0.25) is 0 Å². The predicted octanol–water partition coefficient (Wildman–Crippen LogP) is 0.0573. The lowest BCUT2D eigenvalue weighted by atomic mass is 10.4. The van der Waals surface area contributed by atoms with Crippen molar-refractivity contribution >= 4 is 17.2 Å². The molecule has 0 fully saturated rings. The lowest BCUT2D eigenvalue weighted by Crippen LogP contribution is -2.24. The number of aromatic amines is 1. The minimum absolute atomic E-state index is 0.00905. The Kier molecular flexibility index (Phi) is 3.56. The molecular formula is C10H13N5O2S. The Hall–Kier alpha value is -1.96. The molecule has 7 nitrogen and oxygen atoms in total. The van der Waals surface area contributed by atoms with Crippen molar-refractivity contribution in [3.05, 3.63) is 32.4 Å². The van der Waals surface area contributed by atoms with E-state index in [0.29, 0.717) is 6.54 Å². The number of aromatic nitrogens is 4. The third-order valence-electron chi connectivity index (χ3n) is 2.35. The largest absolute Gasteiger partial charge is 0.343 e. The molecule has 2 heterocycles. The summed E-state index contributed by atoms with van der Waals surface area (Å²) in [6.45, 7) is 2.36. The Morgan fingerprint density at radius 2 is 2.39 bits per heavy atom. The molecule has 1 amide bonds. The third-order valence-corrected chi connectivity index (χ3v) is 3.24. The van der Waals surface area contributed by atoms with Crippen LogP contribution in [0.5, 0.6) is 0 Å². The van der Waals surface area contributed by atoms with Gasteiger partial charge in [-0.05, 0) is 6.42 Å². The zero-order valence-corrected chi connectivity index (χ0v) is 10.9. The number of H-pyrrole nitrogens is 1. The molecule has 0 aliphatic carbocycles. The van der Waals surface area contributed by atoms with Gasteiger partial charge in [0.2, 0.25) is 5.82 Å². The number of carbonyl (C=O) groups is 1.